The van der Waals surface area contributed by atoms with Crippen LogP contribution in [-0.2, 0) is 6.42 Å². The first-order chi connectivity index (χ1) is 8.97. The fourth-order valence-electron chi connectivity index (χ4n) is 2.31. The van der Waals surface area contributed by atoms with E-state index in [1.165, 1.54) is 27.8 Å². The third-order valence-electron chi connectivity index (χ3n) is 3.47. The highest BCUT2D eigenvalue weighted by atomic mass is 79.9. The first-order valence-corrected chi connectivity index (χ1v) is 8.14. The van der Waals surface area contributed by atoms with Gasteiger partial charge in [-0.05, 0) is 61.6 Å². The number of alkyl halides is 1. The molecule has 0 aromatic heterocycles. The van der Waals surface area contributed by atoms with E-state index in [0.29, 0.717) is 4.83 Å². The molecule has 0 nitrogen and oxygen atoms in total. The molecule has 100 valence electrons. The van der Waals surface area contributed by atoms with Crippen molar-refractivity contribution in [2.24, 2.45) is 0 Å². The molecule has 0 radical (unpaired) electrons. The van der Waals surface area contributed by atoms with Crippen LogP contribution in [0.25, 0.3) is 0 Å². The van der Waals surface area contributed by atoms with Gasteiger partial charge in [0.2, 0.25) is 0 Å². The van der Waals surface area contributed by atoms with Crippen LogP contribution in [0.15, 0.2) is 40.9 Å². The van der Waals surface area contributed by atoms with Crippen LogP contribution in [0.1, 0.15) is 32.6 Å². The maximum atomic E-state index is 3.84. The molecule has 0 aliphatic carbocycles. The largest absolute Gasteiger partial charge is 0.0835 e. The van der Waals surface area contributed by atoms with Gasteiger partial charge in [-0.2, -0.15) is 0 Å². The Morgan fingerprint density at radius 3 is 2.37 bits per heavy atom. The fourth-order valence-corrected chi connectivity index (χ4v) is 3.65. The number of aryl methyl sites for hydroxylation is 3. The minimum absolute atomic E-state index is 0.362. The summed E-state index contributed by atoms with van der Waals surface area (Å²) >= 11 is 7.36. The lowest BCUT2D eigenvalue weighted by Gasteiger charge is -2.15. The van der Waals surface area contributed by atoms with Gasteiger partial charge in [-0.15, -0.1) is 0 Å². The summed E-state index contributed by atoms with van der Waals surface area (Å²) in [5.41, 5.74) is 6.80. The van der Waals surface area contributed by atoms with E-state index >= 15 is 0 Å². The van der Waals surface area contributed by atoms with Gasteiger partial charge in [0.1, 0.15) is 0 Å². The molecule has 2 aromatic rings. The zero-order valence-electron chi connectivity index (χ0n) is 11.5. The molecule has 0 bridgehead atoms. The van der Waals surface area contributed by atoms with Gasteiger partial charge in [-0.25, -0.2) is 0 Å². The van der Waals surface area contributed by atoms with E-state index in [9.17, 15) is 0 Å². The second kappa shape index (κ2) is 6.23. The van der Waals surface area contributed by atoms with Crippen molar-refractivity contribution in [3.05, 3.63) is 68.7 Å². The summed E-state index contributed by atoms with van der Waals surface area (Å²) in [5, 5.41) is 0. The summed E-state index contributed by atoms with van der Waals surface area (Å²) in [7, 11) is 0. The molecular weight excluding hydrogens is 364 g/mol. The first-order valence-electron chi connectivity index (χ1n) is 6.43. The maximum Gasteiger partial charge on any atom is 0.0438 e. The smallest absolute Gasteiger partial charge is 0.0438 e. The van der Waals surface area contributed by atoms with Crippen LogP contribution >= 0.6 is 31.9 Å². The van der Waals surface area contributed by atoms with Crippen LogP contribution < -0.4 is 0 Å². The van der Waals surface area contributed by atoms with Gasteiger partial charge in [0, 0.05) is 9.30 Å². The molecule has 2 aromatic carbocycles. The molecule has 0 aliphatic heterocycles. The summed E-state index contributed by atoms with van der Waals surface area (Å²) in [6.45, 7) is 6.50. The van der Waals surface area contributed by atoms with Crippen LogP contribution in [0.3, 0.4) is 0 Å². The Bertz CT molecular complexity index is 588. The van der Waals surface area contributed by atoms with E-state index in [-0.39, 0.29) is 0 Å². The number of halogens is 2. The van der Waals surface area contributed by atoms with E-state index < -0.39 is 0 Å². The van der Waals surface area contributed by atoms with Crippen LogP contribution in [0.4, 0.5) is 0 Å². The standard InChI is InChI=1S/C17H18Br2/c1-11-4-5-12(2)14(8-11)10-17(19)16-7-6-15(18)9-13(16)3/h4-9,17H,10H2,1-3H3. The second-order valence-corrected chi connectivity index (χ2v) is 7.12. The minimum Gasteiger partial charge on any atom is -0.0835 e. The normalized spacial score (nSPS) is 12.5. The predicted octanol–water partition coefficient (Wildman–Crippen LogP) is 6.05. The Morgan fingerprint density at radius 2 is 1.68 bits per heavy atom. The highest BCUT2D eigenvalue weighted by Gasteiger charge is 2.12. The highest BCUT2D eigenvalue weighted by Crippen LogP contribution is 2.32. The van der Waals surface area contributed by atoms with Gasteiger partial charge in [-0.3, -0.25) is 0 Å². The number of rotatable bonds is 3. The Kier molecular flexibility index (Phi) is 4.86. The molecule has 1 unspecified atom stereocenters. The van der Waals surface area contributed by atoms with Crippen molar-refractivity contribution in [2.75, 3.05) is 0 Å². The first kappa shape index (κ1) is 14.8. The lowest BCUT2D eigenvalue weighted by atomic mass is 9.97. The van der Waals surface area contributed by atoms with E-state index in [0.717, 1.165) is 10.9 Å². The van der Waals surface area contributed by atoms with E-state index in [4.69, 9.17) is 0 Å². The van der Waals surface area contributed by atoms with E-state index in [2.05, 4.69) is 89.0 Å². The molecule has 19 heavy (non-hydrogen) atoms. The summed E-state index contributed by atoms with van der Waals surface area (Å²) in [4.78, 5) is 0.362. The van der Waals surface area contributed by atoms with Crippen LogP contribution in [0.5, 0.6) is 0 Å². The summed E-state index contributed by atoms with van der Waals surface area (Å²) < 4.78 is 1.14. The minimum atomic E-state index is 0.362. The van der Waals surface area contributed by atoms with Crippen molar-refractivity contribution in [2.45, 2.75) is 32.0 Å². The number of hydrogen-bond donors (Lipinski definition) is 0. The van der Waals surface area contributed by atoms with Gasteiger partial charge >= 0.3 is 0 Å². The topological polar surface area (TPSA) is 0 Å². The quantitative estimate of drug-likeness (QED) is 0.567. The highest BCUT2D eigenvalue weighted by molar-refractivity contribution is 9.10. The molecule has 0 heterocycles. The van der Waals surface area contributed by atoms with Crippen molar-refractivity contribution in [3.63, 3.8) is 0 Å². The average Bonchev–Trinajstić information content (AvgIpc) is 2.33. The number of benzene rings is 2. The van der Waals surface area contributed by atoms with Crippen molar-refractivity contribution in [1.29, 1.82) is 0 Å². The average molecular weight is 382 g/mol. The molecule has 0 fully saturated rings. The SMILES string of the molecule is Cc1ccc(C)c(CC(Br)c2ccc(Br)cc2C)c1. The van der Waals surface area contributed by atoms with Crippen molar-refractivity contribution in [1.82, 2.24) is 0 Å². The van der Waals surface area contributed by atoms with Gasteiger partial charge < -0.3 is 0 Å². The lowest BCUT2D eigenvalue weighted by molar-refractivity contribution is 0.926. The van der Waals surface area contributed by atoms with E-state index in [1.54, 1.807) is 0 Å². The molecule has 2 heteroatoms. The molecule has 2 rings (SSSR count). The summed E-state index contributed by atoms with van der Waals surface area (Å²) in [5.74, 6) is 0. The van der Waals surface area contributed by atoms with Gasteiger partial charge in [0.25, 0.3) is 0 Å². The van der Waals surface area contributed by atoms with Crippen molar-refractivity contribution < 1.29 is 0 Å². The third-order valence-corrected chi connectivity index (χ3v) is 4.78. The maximum absolute atomic E-state index is 3.84. The third kappa shape index (κ3) is 3.70. The van der Waals surface area contributed by atoms with Crippen LogP contribution in [-0.4, -0.2) is 0 Å². The van der Waals surface area contributed by atoms with Crippen LogP contribution in [0.2, 0.25) is 0 Å². The molecule has 0 N–H and O–H groups in total. The summed E-state index contributed by atoms with van der Waals surface area (Å²) in [6.07, 6.45) is 1.02. The molecule has 1 atom stereocenters. The monoisotopic (exact) mass is 380 g/mol. The second-order valence-electron chi connectivity index (χ2n) is 5.10. The fraction of sp³-hybridized carbons (Fsp3) is 0.294. The molecule has 0 spiro atoms. The van der Waals surface area contributed by atoms with Gasteiger partial charge in [-0.1, -0.05) is 61.7 Å². The van der Waals surface area contributed by atoms with E-state index in [1.807, 2.05) is 0 Å². The Hall–Kier alpha value is -0.600. The summed E-state index contributed by atoms with van der Waals surface area (Å²) in [6, 6.07) is 13.2. The zero-order chi connectivity index (χ0) is 14.0. The molecule has 0 saturated heterocycles. The van der Waals surface area contributed by atoms with Crippen molar-refractivity contribution >= 4 is 31.9 Å². The number of hydrogen-bond acceptors (Lipinski definition) is 0. The molecular formula is C17H18Br2. The predicted molar refractivity (Wildman–Crippen MR) is 90.2 cm³/mol. The molecule has 0 saturated carbocycles. The zero-order valence-corrected chi connectivity index (χ0v) is 14.7. The molecule has 0 aliphatic rings. The Balaban J connectivity index is 2.25. The van der Waals surface area contributed by atoms with Crippen molar-refractivity contribution in [3.8, 4) is 0 Å². The van der Waals surface area contributed by atoms with Gasteiger partial charge in [0.05, 0.1) is 0 Å². The molecule has 0 amide bonds. The lowest BCUT2D eigenvalue weighted by Crippen LogP contribution is -2.00. The van der Waals surface area contributed by atoms with Gasteiger partial charge in [0.15, 0.2) is 0 Å². The Labute approximate surface area is 132 Å². The van der Waals surface area contributed by atoms with Crippen LogP contribution in [0, 0.1) is 20.8 Å². The Morgan fingerprint density at radius 1 is 0.947 bits per heavy atom.